The number of rotatable bonds is 4. The maximum absolute atomic E-state index is 9.51. The molecule has 0 saturated carbocycles. The molecule has 0 fully saturated rings. The molecule has 0 aliphatic heterocycles. The van der Waals surface area contributed by atoms with Gasteiger partial charge < -0.3 is 10.4 Å². The zero-order valence-corrected chi connectivity index (χ0v) is 13.4. The van der Waals surface area contributed by atoms with Crippen LogP contribution < -0.4 is 5.32 Å². The van der Waals surface area contributed by atoms with E-state index in [1.807, 2.05) is 29.5 Å². The van der Waals surface area contributed by atoms with Crippen LogP contribution in [0.4, 0.5) is 0 Å². The van der Waals surface area contributed by atoms with Crippen molar-refractivity contribution in [2.75, 3.05) is 0 Å². The maximum atomic E-state index is 9.51. The number of phenols is 1. The van der Waals surface area contributed by atoms with Crippen LogP contribution in [0.3, 0.4) is 0 Å². The summed E-state index contributed by atoms with van der Waals surface area (Å²) in [6, 6.07) is 12.1. The predicted molar refractivity (Wildman–Crippen MR) is 86.4 cm³/mol. The number of thiophene rings is 1. The number of hydrogen-bond acceptors (Lipinski definition) is 3. The normalized spacial score (nSPS) is 13.4. The number of benzene rings is 1. The Kier molecular flexibility index (Phi) is 4.51. The zero-order valence-electron chi connectivity index (χ0n) is 12.6. The average molecular weight is 289 g/mol. The van der Waals surface area contributed by atoms with Gasteiger partial charge in [0.2, 0.25) is 0 Å². The molecule has 108 valence electrons. The predicted octanol–water partition coefficient (Wildman–Crippen LogP) is 4.60. The molecule has 0 aliphatic carbocycles. The van der Waals surface area contributed by atoms with Crippen LogP contribution in [0.1, 0.15) is 49.1 Å². The van der Waals surface area contributed by atoms with E-state index < -0.39 is 0 Å². The molecule has 0 amide bonds. The molecule has 0 bridgehead atoms. The zero-order chi connectivity index (χ0) is 14.8. The fraction of sp³-hybridized carbons (Fsp3) is 0.412. The molecule has 1 aromatic heterocycles. The lowest BCUT2D eigenvalue weighted by molar-refractivity contribution is 0.472. The summed E-state index contributed by atoms with van der Waals surface area (Å²) in [5.74, 6) is 0.322. The second kappa shape index (κ2) is 5.98. The third-order valence-corrected chi connectivity index (χ3v) is 4.86. The van der Waals surface area contributed by atoms with Gasteiger partial charge in [-0.25, -0.2) is 0 Å². The van der Waals surface area contributed by atoms with Gasteiger partial charge >= 0.3 is 0 Å². The van der Waals surface area contributed by atoms with Gasteiger partial charge in [0.05, 0.1) is 0 Å². The summed E-state index contributed by atoms with van der Waals surface area (Å²) in [4.78, 5) is 2.77. The smallest absolute Gasteiger partial charge is 0.115 e. The molecule has 0 radical (unpaired) electrons. The minimum absolute atomic E-state index is 0.222. The Labute approximate surface area is 125 Å². The third kappa shape index (κ3) is 3.84. The van der Waals surface area contributed by atoms with Crippen molar-refractivity contribution in [3.8, 4) is 5.75 Å². The molecule has 2 rings (SSSR count). The molecule has 0 spiro atoms. The maximum Gasteiger partial charge on any atom is 0.115 e. The molecule has 0 saturated heterocycles. The summed E-state index contributed by atoms with van der Waals surface area (Å²) in [6.45, 7) is 9.70. The van der Waals surface area contributed by atoms with E-state index in [1.54, 1.807) is 6.07 Å². The van der Waals surface area contributed by atoms with Crippen LogP contribution in [0.5, 0.6) is 5.75 Å². The molecule has 1 aromatic carbocycles. The summed E-state index contributed by atoms with van der Waals surface area (Å²) in [6.07, 6.45) is 0. The highest BCUT2D eigenvalue weighted by molar-refractivity contribution is 7.12. The molecule has 2 N–H and O–H groups in total. The Balaban J connectivity index is 1.97. The van der Waals surface area contributed by atoms with Gasteiger partial charge in [0, 0.05) is 22.3 Å². The van der Waals surface area contributed by atoms with Crippen LogP contribution in [0.25, 0.3) is 0 Å². The summed E-state index contributed by atoms with van der Waals surface area (Å²) in [5, 5.41) is 13.0. The van der Waals surface area contributed by atoms with Gasteiger partial charge in [0.15, 0.2) is 0 Å². The fourth-order valence-electron chi connectivity index (χ4n) is 2.04. The number of nitrogens with one attached hydrogen (secondary N) is 1. The average Bonchev–Trinajstić information content (AvgIpc) is 2.84. The Bertz CT molecular complexity index is 568. The molecule has 20 heavy (non-hydrogen) atoms. The van der Waals surface area contributed by atoms with Crippen LogP contribution in [0.2, 0.25) is 0 Å². The van der Waals surface area contributed by atoms with Crippen molar-refractivity contribution in [3.05, 3.63) is 51.7 Å². The first-order valence-corrected chi connectivity index (χ1v) is 7.79. The SMILES string of the molecule is CC(NCc1ccc(C(C)(C)C)s1)c1cccc(O)c1. The van der Waals surface area contributed by atoms with Crippen LogP contribution in [-0.2, 0) is 12.0 Å². The van der Waals surface area contributed by atoms with Crippen molar-refractivity contribution in [1.82, 2.24) is 5.32 Å². The van der Waals surface area contributed by atoms with E-state index in [9.17, 15) is 5.11 Å². The van der Waals surface area contributed by atoms with Gasteiger partial charge in [-0.3, -0.25) is 0 Å². The van der Waals surface area contributed by atoms with E-state index in [1.165, 1.54) is 9.75 Å². The second-order valence-electron chi connectivity index (χ2n) is 6.21. The highest BCUT2D eigenvalue weighted by Crippen LogP contribution is 2.29. The molecule has 1 unspecified atom stereocenters. The lowest BCUT2D eigenvalue weighted by Crippen LogP contribution is -2.17. The number of phenolic OH excluding ortho intramolecular Hbond substituents is 1. The first kappa shape index (κ1) is 15.1. The molecule has 1 heterocycles. The summed E-state index contributed by atoms with van der Waals surface area (Å²) >= 11 is 1.87. The van der Waals surface area contributed by atoms with Crippen molar-refractivity contribution in [3.63, 3.8) is 0 Å². The Morgan fingerprint density at radius 2 is 1.95 bits per heavy atom. The topological polar surface area (TPSA) is 32.3 Å². The Morgan fingerprint density at radius 3 is 2.55 bits per heavy atom. The molecule has 0 aliphatic rings. The Morgan fingerprint density at radius 1 is 1.20 bits per heavy atom. The largest absolute Gasteiger partial charge is 0.508 e. The van der Waals surface area contributed by atoms with Gasteiger partial charge in [-0.05, 0) is 42.2 Å². The van der Waals surface area contributed by atoms with Crippen LogP contribution in [0, 0.1) is 0 Å². The molecule has 1 atom stereocenters. The first-order valence-electron chi connectivity index (χ1n) is 6.98. The van der Waals surface area contributed by atoms with E-state index in [0.29, 0.717) is 5.75 Å². The number of hydrogen-bond donors (Lipinski definition) is 2. The van der Waals surface area contributed by atoms with Gasteiger partial charge in [0.1, 0.15) is 5.75 Å². The van der Waals surface area contributed by atoms with Crippen molar-refractivity contribution in [2.24, 2.45) is 0 Å². The fourth-order valence-corrected chi connectivity index (χ4v) is 3.06. The quantitative estimate of drug-likeness (QED) is 0.862. The van der Waals surface area contributed by atoms with Crippen molar-refractivity contribution >= 4 is 11.3 Å². The van der Waals surface area contributed by atoms with Gasteiger partial charge in [-0.2, -0.15) is 0 Å². The highest BCUT2D eigenvalue weighted by atomic mass is 32.1. The molecular formula is C17H23NOS. The molecular weight excluding hydrogens is 266 g/mol. The van der Waals surface area contributed by atoms with E-state index in [2.05, 4.69) is 45.1 Å². The molecule has 2 aromatic rings. The van der Waals surface area contributed by atoms with E-state index in [0.717, 1.165) is 12.1 Å². The minimum atomic E-state index is 0.222. The second-order valence-corrected chi connectivity index (χ2v) is 7.38. The monoisotopic (exact) mass is 289 g/mol. The van der Waals surface area contributed by atoms with E-state index in [4.69, 9.17) is 0 Å². The van der Waals surface area contributed by atoms with Crippen molar-refractivity contribution < 1.29 is 5.11 Å². The minimum Gasteiger partial charge on any atom is -0.508 e. The summed E-state index contributed by atoms with van der Waals surface area (Å²) in [5.41, 5.74) is 1.33. The van der Waals surface area contributed by atoms with Crippen LogP contribution >= 0.6 is 11.3 Å². The summed E-state index contributed by atoms with van der Waals surface area (Å²) in [7, 11) is 0. The third-order valence-electron chi connectivity index (χ3n) is 3.35. The van der Waals surface area contributed by atoms with Gasteiger partial charge in [0.25, 0.3) is 0 Å². The molecule has 3 heteroatoms. The van der Waals surface area contributed by atoms with Gasteiger partial charge in [-0.15, -0.1) is 11.3 Å². The van der Waals surface area contributed by atoms with E-state index >= 15 is 0 Å². The lowest BCUT2D eigenvalue weighted by Gasteiger charge is -2.16. The summed E-state index contributed by atoms with van der Waals surface area (Å²) < 4.78 is 0. The van der Waals surface area contributed by atoms with Crippen molar-refractivity contribution in [1.29, 1.82) is 0 Å². The lowest BCUT2D eigenvalue weighted by atomic mass is 9.95. The molecule has 2 nitrogen and oxygen atoms in total. The first-order chi connectivity index (χ1) is 9.36. The number of aromatic hydroxyl groups is 1. The standard InChI is InChI=1S/C17H23NOS/c1-12(13-6-5-7-14(19)10-13)18-11-15-8-9-16(20-15)17(2,3)4/h5-10,12,18-19H,11H2,1-4H3. The van der Waals surface area contributed by atoms with Gasteiger partial charge in [-0.1, -0.05) is 32.9 Å². The van der Waals surface area contributed by atoms with Crippen LogP contribution in [0.15, 0.2) is 36.4 Å². The Hall–Kier alpha value is -1.32. The van der Waals surface area contributed by atoms with E-state index in [-0.39, 0.29) is 11.5 Å². The van der Waals surface area contributed by atoms with Crippen LogP contribution in [-0.4, -0.2) is 5.11 Å². The highest BCUT2D eigenvalue weighted by Gasteiger charge is 2.16. The van der Waals surface area contributed by atoms with Crippen molar-refractivity contribution in [2.45, 2.75) is 45.7 Å².